The maximum absolute atomic E-state index is 13.2. The van der Waals surface area contributed by atoms with E-state index in [0.717, 1.165) is 0 Å². The molecule has 2 rings (SSSR count). The number of alkyl halides is 1. The molecule has 0 aliphatic carbocycles. The number of carbonyl (C=O) groups is 2. The lowest BCUT2D eigenvalue weighted by Gasteiger charge is -2.17. The molecule has 1 fully saturated rings. The summed E-state index contributed by atoms with van der Waals surface area (Å²) in [6.45, 7) is 0.693. The molecule has 0 aromatic heterocycles. The van der Waals surface area contributed by atoms with Gasteiger partial charge in [0.1, 0.15) is 5.82 Å². The van der Waals surface area contributed by atoms with Gasteiger partial charge in [-0.3, -0.25) is 4.79 Å². The van der Waals surface area contributed by atoms with Gasteiger partial charge in [-0.15, -0.1) is 11.6 Å². The summed E-state index contributed by atoms with van der Waals surface area (Å²) in [5, 5.41) is 5.26. The third kappa shape index (κ3) is 3.60. The Morgan fingerprint density at radius 2 is 2.30 bits per heavy atom. The highest BCUT2D eigenvalue weighted by molar-refractivity contribution is 6.18. The largest absolute Gasteiger partial charge is 0.337 e. The third-order valence-corrected chi connectivity index (χ3v) is 3.15. The van der Waals surface area contributed by atoms with Gasteiger partial charge in [-0.05, 0) is 18.2 Å². The predicted molar refractivity (Wildman–Crippen MR) is 74.4 cm³/mol. The number of urea groups is 1. The summed E-state index contributed by atoms with van der Waals surface area (Å²) >= 11 is 5.46. The number of carbonyl (C=O) groups excluding carboxylic acids is 2. The summed E-state index contributed by atoms with van der Waals surface area (Å²) < 4.78 is 13.2. The molecule has 1 heterocycles. The summed E-state index contributed by atoms with van der Waals surface area (Å²) in [6, 6.07) is 5.18. The molecule has 108 valence electrons. The van der Waals surface area contributed by atoms with Gasteiger partial charge in [-0.2, -0.15) is 0 Å². The van der Waals surface area contributed by atoms with E-state index in [1.807, 2.05) is 0 Å². The van der Waals surface area contributed by atoms with Crippen LogP contribution in [0.15, 0.2) is 24.3 Å². The monoisotopic (exact) mass is 299 g/mol. The quantitative estimate of drug-likeness (QED) is 0.827. The number of amides is 3. The van der Waals surface area contributed by atoms with Crippen molar-refractivity contribution in [1.82, 2.24) is 10.6 Å². The molecule has 0 bridgehead atoms. The van der Waals surface area contributed by atoms with Crippen LogP contribution in [0.5, 0.6) is 0 Å². The van der Waals surface area contributed by atoms with E-state index in [0.29, 0.717) is 24.7 Å². The molecule has 5 nitrogen and oxygen atoms in total. The second kappa shape index (κ2) is 6.56. The van der Waals surface area contributed by atoms with Crippen LogP contribution in [0.2, 0.25) is 0 Å². The fraction of sp³-hybridized carbons (Fsp3) is 0.385. The number of hydrogen-bond donors (Lipinski definition) is 2. The molecule has 1 atom stereocenters. The van der Waals surface area contributed by atoms with E-state index in [1.54, 1.807) is 12.1 Å². The Bertz CT molecular complexity index is 512. The fourth-order valence-electron chi connectivity index (χ4n) is 2.10. The number of anilines is 1. The van der Waals surface area contributed by atoms with Crippen LogP contribution in [-0.2, 0) is 4.79 Å². The first-order chi connectivity index (χ1) is 9.60. The Balaban J connectivity index is 1.95. The first-order valence-electron chi connectivity index (χ1n) is 6.26. The van der Waals surface area contributed by atoms with E-state index < -0.39 is 5.82 Å². The number of nitrogens with zero attached hydrogens (tertiary/aromatic N) is 1. The molecular formula is C13H15ClFN3O2. The molecule has 2 N–H and O–H groups in total. The molecule has 1 aliphatic heterocycles. The second-order valence-electron chi connectivity index (χ2n) is 4.47. The van der Waals surface area contributed by atoms with Crippen LogP contribution in [0.1, 0.15) is 6.42 Å². The lowest BCUT2D eigenvalue weighted by Crippen LogP contribution is -2.43. The molecule has 1 saturated heterocycles. The van der Waals surface area contributed by atoms with Crippen molar-refractivity contribution >= 4 is 29.2 Å². The second-order valence-corrected chi connectivity index (χ2v) is 4.85. The smallest absolute Gasteiger partial charge is 0.315 e. The number of benzene rings is 1. The Kier molecular flexibility index (Phi) is 4.79. The summed E-state index contributed by atoms with van der Waals surface area (Å²) in [4.78, 5) is 24.9. The Morgan fingerprint density at radius 1 is 1.50 bits per heavy atom. The minimum Gasteiger partial charge on any atom is -0.337 e. The zero-order valence-corrected chi connectivity index (χ0v) is 11.5. The average molecular weight is 300 g/mol. The van der Waals surface area contributed by atoms with E-state index >= 15 is 0 Å². The standard InChI is InChI=1S/C13H15ClFN3O2/c14-4-5-16-13(20)17-10-7-12(19)18(8-10)11-3-1-2-9(15)6-11/h1-3,6,10H,4-5,7-8H2,(H2,16,17,20). The Labute approximate surface area is 121 Å². The van der Waals surface area contributed by atoms with Crippen LogP contribution in [0.4, 0.5) is 14.9 Å². The maximum Gasteiger partial charge on any atom is 0.315 e. The van der Waals surface area contributed by atoms with Gasteiger partial charge in [-0.1, -0.05) is 6.07 Å². The predicted octanol–water partition coefficient (Wildman–Crippen LogP) is 1.47. The molecule has 7 heteroatoms. The minimum absolute atomic E-state index is 0.141. The number of nitrogens with one attached hydrogen (secondary N) is 2. The molecule has 1 aliphatic rings. The van der Waals surface area contributed by atoms with Crippen molar-refractivity contribution in [2.24, 2.45) is 0 Å². The van der Waals surface area contributed by atoms with Crippen molar-refractivity contribution in [3.8, 4) is 0 Å². The van der Waals surface area contributed by atoms with Gasteiger partial charge in [0, 0.05) is 31.1 Å². The lowest BCUT2D eigenvalue weighted by atomic mass is 10.2. The van der Waals surface area contributed by atoms with E-state index in [-0.39, 0.29) is 24.4 Å². The first kappa shape index (κ1) is 14.6. The van der Waals surface area contributed by atoms with Crippen LogP contribution in [0, 0.1) is 5.82 Å². The molecule has 1 unspecified atom stereocenters. The Hall–Kier alpha value is -1.82. The summed E-state index contributed by atoms with van der Waals surface area (Å²) in [5.41, 5.74) is 0.500. The van der Waals surface area contributed by atoms with E-state index in [4.69, 9.17) is 11.6 Å². The normalized spacial score (nSPS) is 18.2. The zero-order valence-electron chi connectivity index (χ0n) is 10.7. The topological polar surface area (TPSA) is 61.4 Å². The van der Waals surface area contributed by atoms with Crippen molar-refractivity contribution in [3.63, 3.8) is 0 Å². The highest BCUT2D eigenvalue weighted by Gasteiger charge is 2.31. The number of rotatable bonds is 4. The van der Waals surface area contributed by atoms with Crippen LogP contribution < -0.4 is 15.5 Å². The van der Waals surface area contributed by atoms with Crippen molar-refractivity contribution < 1.29 is 14.0 Å². The minimum atomic E-state index is -0.397. The molecule has 20 heavy (non-hydrogen) atoms. The number of halogens is 2. The summed E-state index contributed by atoms with van der Waals surface area (Å²) in [7, 11) is 0. The van der Waals surface area contributed by atoms with Crippen molar-refractivity contribution in [3.05, 3.63) is 30.1 Å². The molecule has 1 aromatic rings. The molecule has 0 saturated carbocycles. The lowest BCUT2D eigenvalue weighted by molar-refractivity contribution is -0.117. The highest BCUT2D eigenvalue weighted by atomic mass is 35.5. The molecule has 1 aromatic carbocycles. The molecule has 3 amide bonds. The highest BCUT2D eigenvalue weighted by Crippen LogP contribution is 2.22. The van der Waals surface area contributed by atoms with Crippen molar-refractivity contribution in [1.29, 1.82) is 0 Å². The van der Waals surface area contributed by atoms with E-state index in [2.05, 4.69) is 10.6 Å². The van der Waals surface area contributed by atoms with Crippen LogP contribution in [-0.4, -0.2) is 36.9 Å². The third-order valence-electron chi connectivity index (χ3n) is 2.96. The first-order valence-corrected chi connectivity index (χ1v) is 6.80. The van der Waals surface area contributed by atoms with Gasteiger partial charge in [-0.25, -0.2) is 9.18 Å². The van der Waals surface area contributed by atoms with Crippen LogP contribution >= 0.6 is 11.6 Å². The SMILES string of the molecule is O=C(NCCCl)NC1CC(=O)N(c2cccc(F)c2)C1. The van der Waals surface area contributed by atoms with Gasteiger partial charge < -0.3 is 15.5 Å². The van der Waals surface area contributed by atoms with Gasteiger partial charge >= 0.3 is 6.03 Å². The zero-order chi connectivity index (χ0) is 14.5. The van der Waals surface area contributed by atoms with Gasteiger partial charge in [0.05, 0.1) is 6.04 Å². The van der Waals surface area contributed by atoms with Crippen molar-refractivity contribution in [2.75, 3.05) is 23.9 Å². The van der Waals surface area contributed by atoms with Crippen molar-refractivity contribution in [2.45, 2.75) is 12.5 Å². The molecular weight excluding hydrogens is 285 g/mol. The van der Waals surface area contributed by atoms with E-state index in [9.17, 15) is 14.0 Å². The fourth-order valence-corrected chi connectivity index (χ4v) is 2.19. The van der Waals surface area contributed by atoms with Gasteiger partial charge in [0.15, 0.2) is 0 Å². The van der Waals surface area contributed by atoms with E-state index in [1.165, 1.54) is 17.0 Å². The summed E-state index contributed by atoms with van der Waals surface area (Å²) in [6.07, 6.45) is 0.199. The molecule has 0 spiro atoms. The van der Waals surface area contributed by atoms with Crippen LogP contribution in [0.3, 0.4) is 0 Å². The Morgan fingerprint density at radius 3 is 3.00 bits per heavy atom. The number of hydrogen-bond acceptors (Lipinski definition) is 2. The average Bonchev–Trinajstić information content (AvgIpc) is 2.77. The van der Waals surface area contributed by atoms with Gasteiger partial charge in [0.2, 0.25) is 5.91 Å². The maximum atomic E-state index is 13.2. The molecule has 0 radical (unpaired) electrons. The summed E-state index contributed by atoms with van der Waals surface area (Å²) in [5.74, 6) is -0.211. The van der Waals surface area contributed by atoms with Gasteiger partial charge in [0.25, 0.3) is 0 Å². The van der Waals surface area contributed by atoms with Crippen LogP contribution in [0.25, 0.3) is 0 Å².